The van der Waals surface area contributed by atoms with E-state index in [-0.39, 0.29) is 18.9 Å². The Morgan fingerprint density at radius 2 is 2.12 bits per heavy atom. The van der Waals surface area contributed by atoms with Crippen LogP contribution in [-0.4, -0.2) is 23.5 Å². The molecule has 0 aliphatic carbocycles. The maximum absolute atomic E-state index is 11.8. The standard InChI is InChI=1S/C13H15NO3/c1-8-4-3-5-11(9(8)2)14-7-10(13(16)17)6-12(14)15/h3-5,10H,6-7H2,1-2H3,(H,16,17)/t10-/m0/s1. The lowest BCUT2D eigenvalue weighted by Crippen LogP contribution is -2.26. The van der Waals surface area contributed by atoms with Crippen LogP contribution in [0.4, 0.5) is 5.69 Å². The second-order valence-corrected chi connectivity index (χ2v) is 4.46. The third-order valence-corrected chi connectivity index (χ3v) is 3.34. The van der Waals surface area contributed by atoms with E-state index in [0.29, 0.717) is 0 Å². The fourth-order valence-corrected chi connectivity index (χ4v) is 2.13. The highest BCUT2D eigenvalue weighted by Crippen LogP contribution is 2.29. The average molecular weight is 233 g/mol. The van der Waals surface area contributed by atoms with Crippen LogP contribution in [0.3, 0.4) is 0 Å². The Kier molecular flexibility index (Phi) is 2.88. The van der Waals surface area contributed by atoms with Crippen molar-refractivity contribution in [1.29, 1.82) is 0 Å². The molecule has 1 aromatic rings. The first kappa shape index (κ1) is 11.6. The first-order valence-corrected chi connectivity index (χ1v) is 5.60. The molecule has 4 heteroatoms. The molecule has 1 saturated heterocycles. The zero-order valence-corrected chi connectivity index (χ0v) is 9.93. The number of carbonyl (C=O) groups is 2. The molecule has 2 rings (SSSR count). The number of aliphatic carboxylic acids is 1. The van der Waals surface area contributed by atoms with Crippen molar-refractivity contribution in [3.05, 3.63) is 29.3 Å². The topological polar surface area (TPSA) is 57.6 Å². The molecular weight excluding hydrogens is 218 g/mol. The number of carboxylic acids is 1. The molecule has 1 aromatic carbocycles. The molecule has 1 aliphatic heterocycles. The largest absolute Gasteiger partial charge is 0.481 e. The van der Waals surface area contributed by atoms with E-state index in [2.05, 4.69) is 0 Å². The average Bonchev–Trinajstić information content (AvgIpc) is 2.65. The summed E-state index contributed by atoms with van der Waals surface area (Å²) in [6, 6.07) is 5.73. The molecular formula is C13H15NO3. The van der Waals surface area contributed by atoms with Crippen LogP contribution in [0.25, 0.3) is 0 Å². The van der Waals surface area contributed by atoms with Gasteiger partial charge in [-0.25, -0.2) is 0 Å². The molecule has 0 unspecified atom stereocenters. The second kappa shape index (κ2) is 4.20. The van der Waals surface area contributed by atoms with Gasteiger partial charge < -0.3 is 10.0 Å². The molecule has 1 atom stereocenters. The first-order chi connectivity index (χ1) is 8.00. The summed E-state index contributed by atoms with van der Waals surface area (Å²) in [6.45, 7) is 4.21. The molecule has 0 bridgehead atoms. The van der Waals surface area contributed by atoms with Gasteiger partial charge in [0.1, 0.15) is 0 Å². The summed E-state index contributed by atoms with van der Waals surface area (Å²) in [6.07, 6.45) is 0.0999. The predicted molar refractivity (Wildman–Crippen MR) is 64.0 cm³/mol. The summed E-state index contributed by atoms with van der Waals surface area (Å²) in [5.41, 5.74) is 2.97. The number of anilines is 1. The van der Waals surface area contributed by atoms with Crippen LogP contribution in [0, 0.1) is 19.8 Å². The van der Waals surface area contributed by atoms with E-state index >= 15 is 0 Å². The van der Waals surface area contributed by atoms with Crippen LogP contribution in [-0.2, 0) is 9.59 Å². The Balaban J connectivity index is 2.32. The smallest absolute Gasteiger partial charge is 0.308 e. The van der Waals surface area contributed by atoms with Crippen molar-refractivity contribution in [2.45, 2.75) is 20.3 Å². The molecule has 17 heavy (non-hydrogen) atoms. The Morgan fingerprint density at radius 1 is 1.41 bits per heavy atom. The van der Waals surface area contributed by atoms with Crippen molar-refractivity contribution in [3.63, 3.8) is 0 Å². The number of benzene rings is 1. The molecule has 0 spiro atoms. The lowest BCUT2D eigenvalue weighted by Gasteiger charge is -2.19. The predicted octanol–water partition coefficient (Wildman–Crippen LogP) is 1.74. The van der Waals surface area contributed by atoms with Gasteiger partial charge in [0.15, 0.2) is 0 Å². The number of rotatable bonds is 2. The summed E-state index contributed by atoms with van der Waals surface area (Å²) < 4.78 is 0. The van der Waals surface area contributed by atoms with Crippen molar-refractivity contribution in [2.75, 3.05) is 11.4 Å². The van der Waals surface area contributed by atoms with Gasteiger partial charge in [0, 0.05) is 18.7 Å². The van der Waals surface area contributed by atoms with E-state index in [9.17, 15) is 9.59 Å². The van der Waals surface area contributed by atoms with Crippen LogP contribution in [0.2, 0.25) is 0 Å². The van der Waals surface area contributed by atoms with Crippen LogP contribution >= 0.6 is 0 Å². The Morgan fingerprint density at radius 3 is 2.71 bits per heavy atom. The van der Waals surface area contributed by atoms with Crippen molar-refractivity contribution in [3.8, 4) is 0 Å². The van der Waals surface area contributed by atoms with E-state index in [1.54, 1.807) is 4.90 Å². The maximum atomic E-state index is 11.8. The normalized spacial score (nSPS) is 19.8. The molecule has 1 heterocycles. The number of carboxylic acid groups (broad SMARTS) is 1. The lowest BCUT2D eigenvalue weighted by atomic mass is 10.1. The van der Waals surface area contributed by atoms with Gasteiger partial charge in [-0.15, -0.1) is 0 Å². The van der Waals surface area contributed by atoms with Gasteiger partial charge in [-0.05, 0) is 31.0 Å². The third-order valence-electron chi connectivity index (χ3n) is 3.34. The van der Waals surface area contributed by atoms with E-state index in [1.165, 1.54) is 0 Å². The molecule has 1 N–H and O–H groups in total. The highest BCUT2D eigenvalue weighted by Gasteiger charge is 2.35. The van der Waals surface area contributed by atoms with Crippen LogP contribution in [0.5, 0.6) is 0 Å². The third kappa shape index (κ3) is 2.02. The molecule has 0 radical (unpaired) electrons. The fraction of sp³-hybridized carbons (Fsp3) is 0.385. The van der Waals surface area contributed by atoms with Crippen molar-refractivity contribution in [2.24, 2.45) is 5.92 Å². The van der Waals surface area contributed by atoms with Crippen molar-refractivity contribution >= 4 is 17.6 Å². The number of carbonyl (C=O) groups excluding carboxylic acids is 1. The van der Waals surface area contributed by atoms with E-state index in [4.69, 9.17) is 5.11 Å². The minimum Gasteiger partial charge on any atom is -0.481 e. The Hall–Kier alpha value is -1.84. The fourth-order valence-electron chi connectivity index (χ4n) is 2.13. The maximum Gasteiger partial charge on any atom is 0.308 e. The summed E-state index contributed by atoms with van der Waals surface area (Å²) in [5, 5.41) is 8.94. The molecule has 1 amide bonds. The Bertz CT molecular complexity index is 482. The number of aryl methyl sites for hydroxylation is 1. The van der Waals surface area contributed by atoms with E-state index in [1.807, 2.05) is 32.0 Å². The molecule has 1 aliphatic rings. The van der Waals surface area contributed by atoms with Crippen molar-refractivity contribution in [1.82, 2.24) is 0 Å². The zero-order chi connectivity index (χ0) is 12.6. The minimum atomic E-state index is -0.897. The summed E-state index contributed by atoms with van der Waals surface area (Å²) >= 11 is 0. The van der Waals surface area contributed by atoms with Gasteiger partial charge in [-0.3, -0.25) is 9.59 Å². The number of nitrogens with zero attached hydrogens (tertiary/aromatic N) is 1. The number of hydrogen-bond acceptors (Lipinski definition) is 2. The molecule has 1 fully saturated rings. The van der Waals surface area contributed by atoms with Gasteiger partial charge in [-0.2, -0.15) is 0 Å². The Labute approximate surface area is 99.9 Å². The quantitative estimate of drug-likeness (QED) is 0.846. The SMILES string of the molecule is Cc1cccc(N2C[C@@H](C(=O)O)CC2=O)c1C. The van der Waals surface area contributed by atoms with Gasteiger partial charge in [-0.1, -0.05) is 12.1 Å². The van der Waals surface area contributed by atoms with Crippen LogP contribution in [0.1, 0.15) is 17.5 Å². The van der Waals surface area contributed by atoms with E-state index in [0.717, 1.165) is 16.8 Å². The first-order valence-electron chi connectivity index (χ1n) is 5.60. The van der Waals surface area contributed by atoms with Gasteiger partial charge >= 0.3 is 5.97 Å². The minimum absolute atomic E-state index is 0.0999. The molecule has 4 nitrogen and oxygen atoms in total. The second-order valence-electron chi connectivity index (χ2n) is 4.46. The lowest BCUT2D eigenvalue weighted by molar-refractivity contribution is -0.141. The van der Waals surface area contributed by atoms with Gasteiger partial charge in [0.2, 0.25) is 5.91 Å². The summed E-state index contributed by atoms with van der Waals surface area (Å²) in [7, 11) is 0. The molecule has 0 aromatic heterocycles. The van der Waals surface area contributed by atoms with Gasteiger partial charge in [0.05, 0.1) is 5.92 Å². The van der Waals surface area contributed by atoms with Gasteiger partial charge in [0.25, 0.3) is 0 Å². The van der Waals surface area contributed by atoms with Crippen molar-refractivity contribution < 1.29 is 14.7 Å². The van der Waals surface area contributed by atoms with Crippen LogP contribution < -0.4 is 4.90 Å². The number of hydrogen-bond donors (Lipinski definition) is 1. The monoisotopic (exact) mass is 233 g/mol. The molecule has 90 valence electrons. The van der Waals surface area contributed by atoms with E-state index < -0.39 is 11.9 Å². The summed E-state index contributed by atoms with van der Waals surface area (Å²) in [5.74, 6) is -1.58. The highest BCUT2D eigenvalue weighted by atomic mass is 16.4. The highest BCUT2D eigenvalue weighted by molar-refractivity contribution is 5.99. The number of amides is 1. The molecule has 0 saturated carbocycles. The van der Waals surface area contributed by atoms with Crippen LogP contribution in [0.15, 0.2) is 18.2 Å². The zero-order valence-electron chi connectivity index (χ0n) is 9.93. The summed E-state index contributed by atoms with van der Waals surface area (Å²) in [4.78, 5) is 24.3.